The van der Waals surface area contributed by atoms with E-state index in [0.29, 0.717) is 31.8 Å². The van der Waals surface area contributed by atoms with E-state index < -0.39 is 4.92 Å². The van der Waals surface area contributed by atoms with E-state index in [9.17, 15) is 10.1 Å². The lowest BCUT2D eigenvalue weighted by Crippen LogP contribution is -2.36. The molecule has 0 atom stereocenters. The Hall–Kier alpha value is -2.43. The number of hydrogen-bond donors (Lipinski definition) is 0. The Kier molecular flexibility index (Phi) is 4.04. The van der Waals surface area contributed by atoms with Crippen molar-refractivity contribution < 1.29 is 9.66 Å². The van der Waals surface area contributed by atoms with Gasteiger partial charge in [-0.15, -0.1) is 6.42 Å². The Bertz CT molecular complexity index is 741. The molecular formula is C15H16N4O3. The van der Waals surface area contributed by atoms with E-state index in [4.69, 9.17) is 11.2 Å². The molecule has 2 heterocycles. The molecule has 1 saturated heterocycles. The second-order valence-electron chi connectivity index (χ2n) is 5.14. The Morgan fingerprint density at radius 1 is 1.41 bits per heavy atom. The molecule has 3 rings (SSSR count). The normalized spacial score (nSPS) is 15.8. The fourth-order valence-electron chi connectivity index (χ4n) is 2.62. The number of hydrogen-bond acceptors (Lipinski definition) is 5. The van der Waals surface area contributed by atoms with E-state index in [1.807, 2.05) is 4.57 Å². The van der Waals surface area contributed by atoms with Gasteiger partial charge in [-0.05, 0) is 6.07 Å². The number of rotatable bonds is 4. The summed E-state index contributed by atoms with van der Waals surface area (Å²) < 4.78 is 7.21. The van der Waals surface area contributed by atoms with E-state index in [2.05, 4.69) is 15.8 Å². The summed E-state index contributed by atoms with van der Waals surface area (Å²) in [4.78, 5) is 17.4. The van der Waals surface area contributed by atoms with Gasteiger partial charge in [0.05, 0.1) is 42.3 Å². The topological polar surface area (TPSA) is 73.4 Å². The predicted molar refractivity (Wildman–Crippen MR) is 81.3 cm³/mol. The first kappa shape index (κ1) is 14.5. The van der Waals surface area contributed by atoms with Crippen molar-refractivity contribution in [2.24, 2.45) is 0 Å². The number of fused-ring (bicyclic) bond motifs is 1. The van der Waals surface area contributed by atoms with Crippen molar-refractivity contribution in [2.45, 2.75) is 13.1 Å². The predicted octanol–water partition coefficient (Wildman–Crippen LogP) is 1.41. The first-order valence-electron chi connectivity index (χ1n) is 7.06. The van der Waals surface area contributed by atoms with Crippen molar-refractivity contribution in [1.82, 2.24) is 14.5 Å². The highest BCUT2D eigenvalue weighted by Gasteiger charge is 2.18. The van der Waals surface area contributed by atoms with Gasteiger partial charge in [0, 0.05) is 25.2 Å². The largest absolute Gasteiger partial charge is 0.379 e. The molecule has 0 N–H and O–H groups in total. The average Bonchev–Trinajstić information content (AvgIpc) is 2.85. The van der Waals surface area contributed by atoms with E-state index in [-0.39, 0.29) is 5.69 Å². The van der Waals surface area contributed by atoms with Crippen LogP contribution in [-0.2, 0) is 17.8 Å². The van der Waals surface area contributed by atoms with Crippen LogP contribution in [0.3, 0.4) is 0 Å². The van der Waals surface area contributed by atoms with Crippen LogP contribution in [0.5, 0.6) is 0 Å². The molecule has 1 aromatic heterocycles. The molecule has 0 bridgehead atoms. The molecule has 22 heavy (non-hydrogen) atoms. The van der Waals surface area contributed by atoms with E-state index >= 15 is 0 Å². The van der Waals surface area contributed by atoms with Crippen LogP contribution in [0, 0.1) is 22.5 Å². The van der Waals surface area contributed by atoms with Crippen LogP contribution in [-0.4, -0.2) is 45.7 Å². The number of nitro groups is 1. The van der Waals surface area contributed by atoms with Crippen LogP contribution in [0.4, 0.5) is 5.69 Å². The number of terminal acetylenes is 1. The van der Waals surface area contributed by atoms with Gasteiger partial charge in [0.25, 0.3) is 5.69 Å². The lowest BCUT2D eigenvalue weighted by atomic mass is 10.3. The Balaban J connectivity index is 1.99. The summed E-state index contributed by atoms with van der Waals surface area (Å²) in [6.07, 6.45) is 5.44. The highest BCUT2D eigenvalue weighted by atomic mass is 16.6. The monoisotopic (exact) mass is 300 g/mol. The molecule has 1 fully saturated rings. The number of imidazole rings is 1. The third-order valence-corrected chi connectivity index (χ3v) is 3.74. The Morgan fingerprint density at radius 2 is 2.18 bits per heavy atom. The van der Waals surface area contributed by atoms with E-state index in [1.165, 1.54) is 12.1 Å². The summed E-state index contributed by atoms with van der Waals surface area (Å²) in [7, 11) is 0. The van der Waals surface area contributed by atoms with Gasteiger partial charge in [-0.25, -0.2) is 4.98 Å². The molecule has 7 nitrogen and oxygen atoms in total. The van der Waals surface area contributed by atoms with Crippen molar-refractivity contribution in [2.75, 3.05) is 26.3 Å². The number of nitro benzene ring substituents is 1. The summed E-state index contributed by atoms with van der Waals surface area (Å²) in [6, 6.07) is 4.67. The highest BCUT2D eigenvalue weighted by Crippen LogP contribution is 2.23. The first-order chi connectivity index (χ1) is 10.7. The van der Waals surface area contributed by atoms with Crippen molar-refractivity contribution >= 4 is 16.7 Å². The van der Waals surface area contributed by atoms with Crippen LogP contribution in [0.25, 0.3) is 11.0 Å². The molecule has 0 amide bonds. The highest BCUT2D eigenvalue weighted by molar-refractivity contribution is 5.78. The molecule has 0 aliphatic carbocycles. The van der Waals surface area contributed by atoms with Crippen LogP contribution in [0.1, 0.15) is 5.82 Å². The van der Waals surface area contributed by atoms with Crippen molar-refractivity contribution in [1.29, 1.82) is 0 Å². The van der Waals surface area contributed by atoms with Gasteiger partial charge in [-0.1, -0.05) is 5.92 Å². The van der Waals surface area contributed by atoms with Crippen LogP contribution in [0.2, 0.25) is 0 Å². The number of morpholine rings is 1. The lowest BCUT2D eigenvalue weighted by Gasteiger charge is -2.26. The number of benzene rings is 1. The molecule has 0 unspecified atom stereocenters. The van der Waals surface area contributed by atoms with Crippen LogP contribution in [0.15, 0.2) is 18.2 Å². The summed E-state index contributed by atoms with van der Waals surface area (Å²) in [5.41, 5.74) is 1.48. The zero-order valence-electron chi connectivity index (χ0n) is 12.1. The number of ether oxygens (including phenoxy) is 1. The first-order valence-corrected chi connectivity index (χ1v) is 7.06. The molecular weight excluding hydrogens is 284 g/mol. The van der Waals surface area contributed by atoms with Gasteiger partial charge in [0.1, 0.15) is 5.82 Å². The van der Waals surface area contributed by atoms with Crippen LogP contribution < -0.4 is 0 Å². The second kappa shape index (κ2) is 6.13. The molecule has 1 aliphatic rings. The maximum absolute atomic E-state index is 11.0. The number of non-ortho nitro benzene ring substituents is 1. The van der Waals surface area contributed by atoms with Gasteiger partial charge in [-0.2, -0.15) is 0 Å². The minimum atomic E-state index is -0.408. The fourth-order valence-corrected chi connectivity index (χ4v) is 2.62. The molecule has 0 radical (unpaired) electrons. The quantitative estimate of drug-likeness (QED) is 0.485. The van der Waals surface area contributed by atoms with E-state index in [0.717, 1.165) is 24.4 Å². The van der Waals surface area contributed by atoms with Gasteiger partial charge < -0.3 is 9.30 Å². The maximum atomic E-state index is 11.0. The molecule has 2 aromatic rings. The van der Waals surface area contributed by atoms with Gasteiger partial charge >= 0.3 is 0 Å². The van der Waals surface area contributed by atoms with Gasteiger partial charge in [0.2, 0.25) is 0 Å². The van der Waals surface area contributed by atoms with Gasteiger partial charge in [-0.3, -0.25) is 15.0 Å². The standard InChI is InChI=1S/C15H16N4O3/c1-2-5-18-14-10-12(19(20)21)3-4-13(14)16-15(18)11-17-6-8-22-9-7-17/h1,3-4,10H,5-9,11H2. The van der Waals surface area contributed by atoms with Crippen molar-refractivity contribution in [3.63, 3.8) is 0 Å². The van der Waals surface area contributed by atoms with Crippen molar-refractivity contribution in [3.05, 3.63) is 34.1 Å². The SMILES string of the molecule is C#CCn1c(CN2CCOCC2)nc2ccc([N+](=O)[O-])cc21. The molecule has 7 heteroatoms. The molecule has 1 aliphatic heterocycles. The zero-order valence-corrected chi connectivity index (χ0v) is 12.1. The average molecular weight is 300 g/mol. The van der Waals surface area contributed by atoms with Crippen LogP contribution >= 0.6 is 0 Å². The minimum Gasteiger partial charge on any atom is -0.379 e. The van der Waals surface area contributed by atoms with E-state index in [1.54, 1.807) is 6.07 Å². The summed E-state index contributed by atoms with van der Waals surface area (Å²) >= 11 is 0. The third-order valence-electron chi connectivity index (χ3n) is 3.74. The number of nitrogens with zero attached hydrogens (tertiary/aromatic N) is 4. The Morgan fingerprint density at radius 3 is 2.86 bits per heavy atom. The molecule has 0 spiro atoms. The molecule has 114 valence electrons. The van der Waals surface area contributed by atoms with Crippen molar-refractivity contribution in [3.8, 4) is 12.3 Å². The lowest BCUT2D eigenvalue weighted by molar-refractivity contribution is -0.384. The smallest absolute Gasteiger partial charge is 0.271 e. The summed E-state index contributed by atoms with van der Waals surface area (Å²) in [6.45, 7) is 4.12. The minimum absolute atomic E-state index is 0.0450. The molecule has 1 aromatic carbocycles. The maximum Gasteiger partial charge on any atom is 0.271 e. The molecule has 0 saturated carbocycles. The fraction of sp³-hybridized carbons (Fsp3) is 0.400. The number of aromatic nitrogens is 2. The van der Waals surface area contributed by atoms with Gasteiger partial charge in [0.15, 0.2) is 0 Å². The zero-order chi connectivity index (χ0) is 15.5. The third kappa shape index (κ3) is 2.79. The summed E-state index contributed by atoms with van der Waals surface area (Å²) in [5, 5.41) is 11.0. The Labute approximate surface area is 127 Å². The second-order valence-corrected chi connectivity index (χ2v) is 5.14. The summed E-state index contributed by atoms with van der Waals surface area (Å²) in [5.74, 6) is 3.43.